The molecule has 1 aromatic carbocycles. The molecule has 116 valence electrons. The molecule has 2 heterocycles. The van der Waals surface area contributed by atoms with Crippen molar-refractivity contribution in [3.05, 3.63) is 34.3 Å². The number of carbonyl (C=O) groups is 2. The van der Waals surface area contributed by atoms with Crippen molar-refractivity contribution in [1.82, 2.24) is 15.2 Å². The van der Waals surface area contributed by atoms with Gasteiger partial charge in [0.25, 0.3) is 5.91 Å². The lowest BCUT2D eigenvalue weighted by Crippen LogP contribution is -2.45. The highest BCUT2D eigenvalue weighted by Crippen LogP contribution is 2.14. The SMILES string of the molecule is CC(=O)N1CCC(NC(=O)c2ccc3[nH]c(=O)oc3c2)CC1. The Labute approximate surface area is 126 Å². The highest BCUT2D eigenvalue weighted by Gasteiger charge is 2.22. The quantitative estimate of drug-likeness (QED) is 0.860. The van der Waals surface area contributed by atoms with Crippen LogP contribution in [0.4, 0.5) is 0 Å². The minimum atomic E-state index is -0.538. The Kier molecular flexibility index (Phi) is 3.70. The fraction of sp³-hybridized carbons (Fsp3) is 0.400. The first-order valence-corrected chi connectivity index (χ1v) is 7.22. The molecule has 1 aliphatic heterocycles. The molecule has 0 aliphatic carbocycles. The third kappa shape index (κ3) is 2.88. The zero-order valence-electron chi connectivity index (χ0n) is 12.2. The first-order chi connectivity index (χ1) is 10.5. The van der Waals surface area contributed by atoms with Gasteiger partial charge in [0.2, 0.25) is 5.91 Å². The van der Waals surface area contributed by atoms with E-state index in [1.807, 2.05) is 0 Å². The smallest absolute Gasteiger partial charge is 0.408 e. The summed E-state index contributed by atoms with van der Waals surface area (Å²) < 4.78 is 4.95. The summed E-state index contributed by atoms with van der Waals surface area (Å²) in [5, 5.41) is 2.96. The largest absolute Gasteiger partial charge is 0.417 e. The molecule has 2 amide bonds. The molecule has 0 atom stereocenters. The third-order valence-electron chi connectivity index (χ3n) is 3.96. The molecular formula is C15H17N3O4. The zero-order valence-corrected chi connectivity index (χ0v) is 12.2. The normalized spacial score (nSPS) is 16.0. The van der Waals surface area contributed by atoms with Crippen LogP contribution in [0, 0.1) is 0 Å². The zero-order chi connectivity index (χ0) is 15.7. The standard InChI is InChI=1S/C15H17N3O4/c1-9(19)18-6-4-11(5-7-18)16-14(20)10-2-3-12-13(8-10)22-15(21)17-12/h2-3,8,11H,4-7H2,1H3,(H,16,20)(H,17,21). The van der Waals surface area contributed by atoms with E-state index >= 15 is 0 Å². The third-order valence-corrected chi connectivity index (χ3v) is 3.96. The number of aromatic amines is 1. The second-order valence-electron chi connectivity index (χ2n) is 5.48. The van der Waals surface area contributed by atoms with E-state index < -0.39 is 5.76 Å². The average Bonchev–Trinajstić information content (AvgIpc) is 2.86. The number of carbonyl (C=O) groups excluding carboxylic acids is 2. The van der Waals surface area contributed by atoms with Gasteiger partial charge < -0.3 is 14.6 Å². The molecule has 0 spiro atoms. The molecular weight excluding hydrogens is 286 g/mol. The van der Waals surface area contributed by atoms with E-state index in [9.17, 15) is 14.4 Å². The van der Waals surface area contributed by atoms with Gasteiger partial charge in [-0.05, 0) is 31.0 Å². The first-order valence-electron chi connectivity index (χ1n) is 7.22. The van der Waals surface area contributed by atoms with Crippen molar-refractivity contribution >= 4 is 22.9 Å². The van der Waals surface area contributed by atoms with Crippen LogP contribution < -0.4 is 11.1 Å². The molecule has 1 aromatic heterocycles. The van der Waals surface area contributed by atoms with E-state index in [4.69, 9.17) is 4.42 Å². The van der Waals surface area contributed by atoms with Crippen molar-refractivity contribution in [2.45, 2.75) is 25.8 Å². The van der Waals surface area contributed by atoms with Gasteiger partial charge in [0.1, 0.15) is 0 Å². The van der Waals surface area contributed by atoms with Crippen LogP contribution in [-0.2, 0) is 4.79 Å². The number of likely N-dealkylation sites (tertiary alicyclic amines) is 1. The molecule has 3 rings (SSSR count). The molecule has 0 radical (unpaired) electrons. The number of H-pyrrole nitrogens is 1. The highest BCUT2D eigenvalue weighted by molar-refractivity contribution is 5.97. The second kappa shape index (κ2) is 5.67. The Bertz CT molecular complexity index is 768. The number of nitrogens with one attached hydrogen (secondary N) is 2. The van der Waals surface area contributed by atoms with Crippen LogP contribution in [0.25, 0.3) is 11.1 Å². The molecule has 0 saturated carbocycles. The molecule has 0 unspecified atom stereocenters. The van der Waals surface area contributed by atoms with Gasteiger partial charge >= 0.3 is 5.76 Å². The molecule has 1 fully saturated rings. The van der Waals surface area contributed by atoms with Crippen LogP contribution in [0.3, 0.4) is 0 Å². The molecule has 2 N–H and O–H groups in total. The van der Waals surface area contributed by atoms with Gasteiger partial charge in [-0.15, -0.1) is 0 Å². The number of benzene rings is 1. The van der Waals surface area contributed by atoms with Gasteiger partial charge in [-0.2, -0.15) is 0 Å². The molecule has 7 heteroatoms. The number of amides is 2. The maximum atomic E-state index is 12.3. The first kappa shape index (κ1) is 14.4. The molecule has 22 heavy (non-hydrogen) atoms. The maximum Gasteiger partial charge on any atom is 0.417 e. The molecule has 1 aliphatic rings. The summed E-state index contributed by atoms with van der Waals surface area (Å²) in [6.45, 7) is 2.87. The summed E-state index contributed by atoms with van der Waals surface area (Å²) in [5.41, 5.74) is 1.38. The minimum absolute atomic E-state index is 0.0528. The summed E-state index contributed by atoms with van der Waals surface area (Å²) in [7, 11) is 0. The summed E-state index contributed by atoms with van der Waals surface area (Å²) >= 11 is 0. The number of nitrogens with zero attached hydrogens (tertiary/aromatic N) is 1. The topological polar surface area (TPSA) is 95.4 Å². The fourth-order valence-electron chi connectivity index (χ4n) is 2.69. The van der Waals surface area contributed by atoms with Gasteiger partial charge in [-0.25, -0.2) is 4.79 Å². The molecule has 2 aromatic rings. The van der Waals surface area contributed by atoms with Gasteiger partial charge in [-0.1, -0.05) is 0 Å². The van der Waals surface area contributed by atoms with Crippen LogP contribution >= 0.6 is 0 Å². The van der Waals surface area contributed by atoms with E-state index in [1.54, 1.807) is 30.0 Å². The van der Waals surface area contributed by atoms with Crippen LogP contribution in [0.5, 0.6) is 0 Å². The van der Waals surface area contributed by atoms with Crippen molar-refractivity contribution in [3.63, 3.8) is 0 Å². The highest BCUT2D eigenvalue weighted by atomic mass is 16.4. The van der Waals surface area contributed by atoms with Crippen LogP contribution in [0.15, 0.2) is 27.4 Å². The van der Waals surface area contributed by atoms with Crippen LogP contribution in [0.2, 0.25) is 0 Å². The summed E-state index contributed by atoms with van der Waals surface area (Å²) in [4.78, 5) is 39.0. The van der Waals surface area contributed by atoms with Crippen molar-refractivity contribution < 1.29 is 14.0 Å². The Hall–Kier alpha value is -2.57. The van der Waals surface area contributed by atoms with Crippen LogP contribution in [0.1, 0.15) is 30.1 Å². The number of rotatable bonds is 2. The summed E-state index contributed by atoms with van der Waals surface area (Å²) in [6.07, 6.45) is 1.49. The van der Waals surface area contributed by atoms with E-state index in [0.29, 0.717) is 29.8 Å². The number of piperidine rings is 1. The fourth-order valence-corrected chi connectivity index (χ4v) is 2.69. The van der Waals surface area contributed by atoms with Crippen molar-refractivity contribution in [1.29, 1.82) is 0 Å². The summed E-state index contributed by atoms with van der Waals surface area (Å²) in [5.74, 6) is -0.672. The summed E-state index contributed by atoms with van der Waals surface area (Å²) in [6, 6.07) is 4.89. The van der Waals surface area contributed by atoms with Crippen LogP contribution in [-0.4, -0.2) is 40.8 Å². The maximum absolute atomic E-state index is 12.3. The van der Waals surface area contributed by atoms with E-state index in [-0.39, 0.29) is 17.9 Å². The van der Waals surface area contributed by atoms with Crippen molar-refractivity contribution in [3.8, 4) is 0 Å². The Balaban J connectivity index is 1.66. The lowest BCUT2D eigenvalue weighted by atomic mass is 10.0. The Morgan fingerprint density at radius 2 is 2.05 bits per heavy atom. The van der Waals surface area contributed by atoms with E-state index in [1.165, 1.54) is 0 Å². The Morgan fingerprint density at radius 3 is 2.73 bits per heavy atom. The van der Waals surface area contributed by atoms with Gasteiger partial charge in [0.15, 0.2) is 5.58 Å². The molecule has 0 bridgehead atoms. The predicted octanol–water partition coefficient (Wildman–Crippen LogP) is 0.862. The number of fused-ring (bicyclic) bond motifs is 1. The number of aromatic nitrogens is 1. The minimum Gasteiger partial charge on any atom is -0.408 e. The number of hydrogen-bond donors (Lipinski definition) is 2. The van der Waals surface area contributed by atoms with Gasteiger partial charge in [0.05, 0.1) is 5.52 Å². The van der Waals surface area contributed by atoms with Crippen molar-refractivity contribution in [2.24, 2.45) is 0 Å². The number of oxazole rings is 1. The number of hydrogen-bond acceptors (Lipinski definition) is 4. The lowest BCUT2D eigenvalue weighted by molar-refractivity contribution is -0.129. The monoisotopic (exact) mass is 303 g/mol. The van der Waals surface area contributed by atoms with E-state index in [2.05, 4.69) is 10.3 Å². The second-order valence-corrected chi connectivity index (χ2v) is 5.48. The van der Waals surface area contributed by atoms with Gasteiger partial charge in [-0.3, -0.25) is 14.6 Å². The van der Waals surface area contributed by atoms with Crippen molar-refractivity contribution in [2.75, 3.05) is 13.1 Å². The Morgan fingerprint density at radius 1 is 1.32 bits per heavy atom. The average molecular weight is 303 g/mol. The van der Waals surface area contributed by atoms with E-state index in [0.717, 1.165) is 12.8 Å². The predicted molar refractivity (Wildman–Crippen MR) is 79.6 cm³/mol. The molecule has 1 saturated heterocycles. The molecule has 7 nitrogen and oxygen atoms in total. The van der Waals surface area contributed by atoms with Gasteiger partial charge in [0, 0.05) is 31.6 Å². The lowest BCUT2D eigenvalue weighted by Gasteiger charge is -2.31.